The predicted octanol–water partition coefficient (Wildman–Crippen LogP) is 4.34. The third-order valence-electron chi connectivity index (χ3n) is 7.59. The molecule has 0 fully saturated rings. The van der Waals surface area contributed by atoms with Crippen LogP contribution in [0, 0.1) is 13.8 Å². The molecule has 8 heteroatoms. The summed E-state index contributed by atoms with van der Waals surface area (Å²) < 4.78 is 7.11. The van der Waals surface area contributed by atoms with Crippen molar-refractivity contribution in [3.8, 4) is 5.75 Å². The summed E-state index contributed by atoms with van der Waals surface area (Å²) in [6.07, 6.45) is 0.899. The van der Waals surface area contributed by atoms with E-state index in [2.05, 4.69) is 62.7 Å². The molecule has 38 heavy (non-hydrogen) atoms. The quantitative estimate of drug-likeness (QED) is 0.369. The van der Waals surface area contributed by atoms with Crippen molar-refractivity contribution in [3.63, 3.8) is 0 Å². The highest BCUT2D eigenvalue weighted by Gasteiger charge is 2.32. The van der Waals surface area contributed by atoms with Crippen LogP contribution in [0.2, 0.25) is 0 Å². The lowest BCUT2D eigenvalue weighted by Crippen LogP contribution is -2.38. The third-order valence-corrected chi connectivity index (χ3v) is 7.59. The summed E-state index contributed by atoms with van der Waals surface area (Å²) in [4.78, 5) is 19.2. The van der Waals surface area contributed by atoms with E-state index in [0.717, 1.165) is 46.3 Å². The minimum atomic E-state index is -0.412. The highest BCUT2D eigenvalue weighted by molar-refractivity contribution is 5.85. The Hall–Kier alpha value is -4.30. The summed E-state index contributed by atoms with van der Waals surface area (Å²) in [5.74, 6) is 1.44. The summed E-state index contributed by atoms with van der Waals surface area (Å²) >= 11 is 0. The molecule has 0 saturated carbocycles. The monoisotopic (exact) mass is 506 g/mol. The molecule has 6 rings (SSSR count). The largest absolute Gasteiger partial charge is 0.497 e. The van der Waals surface area contributed by atoms with E-state index < -0.39 is 6.04 Å². The van der Waals surface area contributed by atoms with Gasteiger partial charge in [0, 0.05) is 24.0 Å². The second kappa shape index (κ2) is 9.87. The number of pyridine rings is 1. The van der Waals surface area contributed by atoms with Gasteiger partial charge in [0.25, 0.3) is 5.56 Å². The molecule has 0 spiro atoms. The number of rotatable bonds is 6. The molecule has 3 aromatic carbocycles. The molecule has 1 N–H and O–H groups in total. The van der Waals surface area contributed by atoms with E-state index in [1.54, 1.807) is 11.8 Å². The Balaban J connectivity index is 1.48. The van der Waals surface area contributed by atoms with Gasteiger partial charge in [0.15, 0.2) is 5.82 Å². The Bertz CT molecular complexity index is 1670. The first kappa shape index (κ1) is 24.1. The van der Waals surface area contributed by atoms with Crippen molar-refractivity contribution in [1.82, 2.24) is 30.1 Å². The molecule has 0 bridgehead atoms. The SMILES string of the molecule is COc1ccc(Cn2nnnc2[C@H](c2cc3c(C)ccc(C)c3[nH]c2=O)N2CCc3ccccc3C2)cc1. The molecule has 0 radical (unpaired) electrons. The van der Waals surface area contributed by atoms with E-state index in [0.29, 0.717) is 24.5 Å². The van der Waals surface area contributed by atoms with Gasteiger partial charge in [0.2, 0.25) is 0 Å². The van der Waals surface area contributed by atoms with Gasteiger partial charge in [0.05, 0.1) is 19.2 Å². The van der Waals surface area contributed by atoms with Crippen LogP contribution in [0.25, 0.3) is 10.9 Å². The molecule has 0 aliphatic carbocycles. The van der Waals surface area contributed by atoms with Gasteiger partial charge >= 0.3 is 0 Å². The third kappa shape index (κ3) is 4.37. The number of H-pyrrole nitrogens is 1. The summed E-state index contributed by atoms with van der Waals surface area (Å²) in [6, 6.07) is 22.1. The summed E-state index contributed by atoms with van der Waals surface area (Å²) in [5.41, 5.74) is 7.22. The normalized spacial score (nSPS) is 14.4. The lowest BCUT2D eigenvalue weighted by molar-refractivity contribution is 0.194. The fraction of sp³-hybridized carbons (Fsp3) is 0.267. The summed E-state index contributed by atoms with van der Waals surface area (Å²) in [6.45, 7) is 6.08. The van der Waals surface area contributed by atoms with Gasteiger partial charge < -0.3 is 9.72 Å². The Morgan fingerprint density at radius 1 is 1.00 bits per heavy atom. The van der Waals surface area contributed by atoms with Crippen LogP contribution in [-0.2, 0) is 19.5 Å². The zero-order chi connectivity index (χ0) is 26.2. The topological polar surface area (TPSA) is 88.9 Å². The van der Waals surface area contributed by atoms with Crippen LogP contribution in [0.15, 0.2) is 71.5 Å². The molecule has 2 aromatic heterocycles. The lowest BCUT2D eigenvalue weighted by Gasteiger charge is -2.35. The maximum absolute atomic E-state index is 13.7. The van der Waals surface area contributed by atoms with Gasteiger partial charge in [-0.15, -0.1) is 5.10 Å². The number of nitrogens with one attached hydrogen (secondary N) is 1. The van der Waals surface area contributed by atoms with Crippen LogP contribution >= 0.6 is 0 Å². The fourth-order valence-electron chi connectivity index (χ4n) is 5.46. The lowest BCUT2D eigenvalue weighted by atomic mass is 9.95. The number of fused-ring (bicyclic) bond motifs is 2. The first-order valence-corrected chi connectivity index (χ1v) is 12.8. The maximum Gasteiger partial charge on any atom is 0.253 e. The molecule has 8 nitrogen and oxygen atoms in total. The Labute approximate surface area is 220 Å². The minimum Gasteiger partial charge on any atom is -0.497 e. The number of methoxy groups -OCH3 is 1. The van der Waals surface area contributed by atoms with Gasteiger partial charge in [0.1, 0.15) is 11.8 Å². The highest BCUT2D eigenvalue weighted by Crippen LogP contribution is 2.32. The zero-order valence-electron chi connectivity index (χ0n) is 21.8. The summed E-state index contributed by atoms with van der Waals surface area (Å²) in [7, 11) is 1.65. The predicted molar refractivity (Wildman–Crippen MR) is 146 cm³/mol. The molecule has 1 aliphatic heterocycles. The minimum absolute atomic E-state index is 0.117. The number of ether oxygens (including phenoxy) is 1. The molecular formula is C30H30N6O2. The average Bonchev–Trinajstić information content (AvgIpc) is 3.39. The second-order valence-corrected chi connectivity index (χ2v) is 9.98. The smallest absolute Gasteiger partial charge is 0.253 e. The van der Waals surface area contributed by atoms with E-state index in [9.17, 15) is 4.79 Å². The van der Waals surface area contributed by atoms with Gasteiger partial charge in [-0.1, -0.05) is 48.5 Å². The fourth-order valence-corrected chi connectivity index (χ4v) is 5.46. The number of hydrogen-bond donors (Lipinski definition) is 1. The molecule has 1 atom stereocenters. The standard InChI is InChI=1S/C30H30N6O2/c1-19-8-9-20(2)27-25(19)16-26(30(37)31-27)28(35-15-14-22-6-4-5-7-23(22)18-35)29-32-33-34-36(29)17-21-10-12-24(38-3)13-11-21/h4-13,16,28H,14-15,17-18H2,1-3H3,(H,31,37)/t28-/m0/s1. The van der Waals surface area contributed by atoms with Crippen molar-refractivity contribution in [2.45, 2.75) is 39.4 Å². The van der Waals surface area contributed by atoms with Gasteiger partial charge in [-0.05, 0) is 76.7 Å². The van der Waals surface area contributed by atoms with E-state index in [1.165, 1.54) is 11.1 Å². The number of hydrogen-bond acceptors (Lipinski definition) is 6. The van der Waals surface area contributed by atoms with Crippen LogP contribution < -0.4 is 10.3 Å². The Morgan fingerprint density at radius 2 is 1.76 bits per heavy atom. The van der Waals surface area contributed by atoms with Crippen LogP contribution in [0.1, 0.15) is 45.2 Å². The van der Waals surface area contributed by atoms with Crippen LogP contribution in [0.3, 0.4) is 0 Å². The number of aromatic nitrogens is 5. The molecular weight excluding hydrogens is 476 g/mol. The van der Waals surface area contributed by atoms with Crippen molar-refractivity contribution < 1.29 is 4.74 Å². The number of benzene rings is 3. The molecule has 0 saturated heterocycles. The molecule has 5 aromatic rings. The first-order chi connectivity index (χ1) is 18.5. The molecule has 1 aliphatic rings. The van der Waals surface area contributed by atoms with E-state index in [-0.39, 0.29) is 5.56 Å². The van der Waals surface area contributed by atoms with Gasteiger partial charge in [-0.25, -0.2) is 4.68 Å². The molecule has 0 amide bonds. The van der Waals surface area contributed by atoms with Crippen molar-refractivity contribution in [1.29, 1.82) is 0 Å². The average molecular weight is 507 g/mol. The number of nitrogens with zero attached hydrogens (tertiary/aromatic N) is 5. The molecule has 192 valence electrons. The summed E-state index contributed by atoms with van der Waals surface area (Å²) in [5, 5.41) is 13.9. The Kier molecular flexibility index (Phi) is 6.25. The number of aromatic amines is 1. The maximum atomic E-state index is 13.7. The van der Waals surface area contributed by atoms with Crippen molar-refractivity contribution in [2.75, 3.05) is 13.7 Å². The van der Waals surface area contributed by atoms with E-state index >= 15 is 0 Å². The second-order valence-electron chi connectivity index (χ2n) is 9.98. The van der Waals surface area contributed by atoms with Crippen LogP contribution in [0.4, 0.5) is 0 Å². The molecule has 0 unspecified atom stereocenters. The van der Waals surface area contributed by atoms with Crippen molar-refractivity contribution in [3.05, 3.63) is 116 Å². The number of tetrazole rings is 1. The van der Waals surface area contributed by atoms with Crippen LogP contribution in [0.5, 0.6) is 5.75 Å². The first-order valence-electron chi connectivity index (χ1n) is 12.8. The van der Waals surface area contributed by atoms with Crippen LogP contribution in [-0.4, -0.2) is 43.7 Å². The van der Waals surface area contributed by atoms with Gasteiger partial charge in [-0.2, -0.15) is 0 Å². The van der Waals surface area contributed by atoms with E-state index in [1.807, 2.05) is 43.3 Å². The van der Waals surface area contributed by atoms with Gasteiger partial charge in [-0.3, -0.25) is 9.69 Å². The number of aryl methyl sites for hydroxylation is 2. The highest BCUT2D eigenvalue weighted by atomic mass is 16.5. The molecule has 3 heterocycles. The van der Waals surface area contributed by atoms with Crippen molar-refractivity contribution >= 4 is 10.9 Å². The zero-order valence-corrected chi connectivity index (χ0v) is 21.8. The van der Waals surface area contributed by atoms with Crippen molar-refractivity contribution in [2.24, 2.45) is 0 Å². The van der Waals surface area contributed by atoms with E-state index in [4.69, 9.17) is 4.74 Å². The Morgan fingerprint density at radius 3 is 2.55 bits per heavy atom.